The molecule has 1 saturated carbocycles. The predicted octanol–water partition coefficient (Wildman–Crippen LogP) is 4.01. The van der Waals surface area contributed by atoms with Gasteiger partial charge in [-0.2, -0.15) is 0 Å². The molecule has 6 rings (SSSR count). The third-order valence-electron chi connectivity index (χ3n) is 7.66. The van der Waals surface area contributed by atoms with Gasteiger partial charge in [0.05, 0.1) is 11.1 Å². The molecule has 0 spiro atoms. The average molecular weight is 535 g/mol. The maximum atomic E-state index is 12.9. The quantitative estimate of drug-likeness (QED) is 0.400. The van der Waals surface area contributed by atoms with Crippen LogP contribution in [0.3, 0.4) is 0 Å². The molecule has 10 heteroatoms. The summed E-state index contributed by atoms with van der Waals surface area (Å²) >= 11 is 0. The van der Waals surface area contributed by atoms with Crippen molar-refractivity contribution in [3.8, 4) is 0 Å². The Morgan fingerprint density at radius 3 is 2.32 bits per heavy atom. The lowest BCUT2D eigenvalue weighted by Gasteiger charge is -2.16. The summed E-state index contributed by atoms with van der Waals surface area (Å²) in [6.07, 6.45) is 9.87. The van der Waals surface area contributed by atoms with Crippen molar-refractivity contribution in [3.63, 3.8) is 0 Å². The van der Waals surface area contributed by atoms with Crippen molar-refractivity contribution in [2.45, 2.75) is 68.6 Å². The minimum Gasteiger partial charge on any atom is -0.360 e. The van der Waals surface area contributed by atoms with Gasteiger partial charge in [0, 0.05) is 18.2 Å². The highest BCUT2D eigenvalue weighted by Gasteiger charge is 2.32. The van der Waals surface area contributed by atoms with E-state index in [1.807, 2.05) is 0 Å². The Bertz CT molecular complexity index is 1470. The average Bonchev–Trinajstić information content (AvgIpc) is 3.26. The zero-order valence-corrected chi connectivity index (χ0v) is 21.8. The SMILES string of the molecule is O=C(Nc1c2c(cc3c1CCC3)CCC2)NS(=O)(=O)c1ccc(CCNC(=O)c2cnoc2C2CC2)cc1. The summed E-state index contributed by atoms with van der Waals surface area (Å²) in [7, 11) is -4.04. The molecule has 3 aromatic rings. The number of benzene rings is 2. The fraction of sp³-hybridized carbons (Fsp3) is 0.393. The number of nitrogens with one attached hydrogen (secondary N) is 3. The monoisotopic (exact) mass is 534 g/mol. The zero-order chi connectivity index (χ0) is 26.3. The van der Waals surface area contributed by atoms with E-state index in [1.165, 1.54) is 29.5 Å². The number of aryl methyl sites for hydroxylation is 2. The summed E-state index contributed by atoms with van der Waals surface area (Å²) in [6, 6.07) is 7.82. The molecule has 3 amide bonds. The number of anilines is 1. The fourth-order valence-corrected chi connectivity index (χ4v) is 6.50. The van der Waals surface area contributed by atoms with Crippen LogP contribution in [0.15, 0.2) is 45.9 Å². The van der Waals surface area contributed by atoms with Gasteiger partial charge in [0.2, 0.25) is 0 Å². The number of amides is 3. The molecule has 1 heterocycles. The number of urea groups is 1. The summed E-state index contributed by atoms with van der Waals surface area (Å²) in [4.78, 5) is 25.2. The van der Waals surface area contributed by atoms with Crippen molar-refractivity contribution in [1.29, 1.82) is 0 Å². The number of rotatable bonds is 8. The lowest BCUT2D eigenvalue weighted by Crippen LogP contribution is -2.35. The Morgan fingerprint density at radius 2 is 1.66 bits per heavy atom. The van der Waals surface area contributed by atoms with Crippen molar-refractivity contribution in [2.24, 2.45) is 0 Å². The van der Waals surface area contributed by atoms with E-state index in [4.69, 9.17) is 4.52 Å². The molecule has 3 aliphatic rings. The van der Waals surface area contributed by atoms with E-state index in [2.05, 4.69) is 26.6 Å². The summed E-state index contributed by atoms with van der Waals surface area (Å²) < 4.78 is 33.2. The minimum atomic E-state index is -4.04. The first-order valence-corrected chi connectivity index (χ1v) is 14.7. The van der Waals surface area contributed by atoms with Crippen LogP contribution in [0.25, 0.3) is 0 Å². The van der Waals surface area contributed by atoms with Gasteiger partial charge in [-0.1, -0.05) is 23.4 Å². The number of sulfonamides is 1. The number of hydrogen-bond acceptors (Lipinski definition) is 6. The third kappa shape index (κ3) is 4.92. The molecule has 0 atom stereocenters. The number of carbonyl (C=O) groups is 2. The van der Waals surface area contributed by atoms with Crippen molar-refractivity contribution >= 4 is 27.6 Å². The zero-order valence-electron chi connectivity index (χ0n) is 21.0. The summed E-state index contributed by atoms with van der Waals surface area (Å²) in [5, 5.41) is 9.48. The Labute approximate surface area is 221 Å². The van der Waals surface area contributed by atoms with E-state index in [9.17, 15) is 18.0 Å². The molecule has 0 saturated heterocycles. The van der Waals surface area contributed by atoms with Crippen molar-refractivity contribution in [3.05, 3.63) is 75.7 Å². The van der Waals surface area contributed by atoms with E-state index in [-0.39, 0.29) is 16.7 Å². The van der Waals surface area contributed by atoms with Crippen LogP contribution < -0.4 is 15.4 Å². The lowest BCUT2D eigenvalue weighted by atomic mass is 9.99. The summed E-state index contributed by atoms with van der Waals surface area (Å²) in [5.74, 6) is 0.713. The van der Waals surface area contributed by atoms with Crippen molar-refractivity contribution < 1.29 is 22.5 Å². The van der Waals surface area contributed by atoms with Crippen LogP contribution in [0.5, 0.6) is 0 Å². The number of aromatic nitrogens is 1. The Hall–Kier alpha value is -3.66. The molecule has 0 unspecified atom stereocenters. The molecule has 9 nitrogen and oxygen atoms in total. The molecule has 38 heavy (non-hydrogen) atoms. The number of nitrogens with zero attached hydrogens (tertiary/aromatic N) is 1. The van der Waals surface area contributed by atoms with Crippen LogP contribution in [0.1, 0.15) is 75.5 Å². The summed E-state index contributed by atoms with van der Waals surface area (Å²) in [6.45, 7) is 0.382. The second-order valence-electron chi connectivity index (χ2n) is 10.3. The maximum Gasteiger partial charge on any atom is 0.333 e. The van der Waals surface area contributed by atoms with Crippen LogP contribution in [0.4, 0.5) is 10.5 Å². The highest BCUT2D eigenvalue weighted by atomic mass is 32.2. The van der Waals surface area contributed by atoms with Gasteiger partial charge in [-0.25, -0.2) is 17.9 Å². The highest BCUT2D eigenvalue weighted by molar-refractivity contribution is 7.90. The Balaban J connectivity index is 1.06. The van der Waals surface area contributed by atoms with Gasteiger partial charge in [0.1, 0.15) is 5.56 Å². The molecule has 1 fully saturated rings. The largest absolute Gasteiger partial charge is 0.360 e. The molecule has 3 N–H and O–H groups in total. The minimum absolute atomic E-state index is 0.00232. The standard InChI is InChI=1S/C28H30N4O5S/c33-27(24-16-30-37-26(24)18-9-10-18)29-14-13-17-7-11-21(12-8-17)38(35,36)32-28(34)31-25-22-5-1-3-19(22)15-20-4-2-6-23(20)25/h7-8,11-12,15-16,18H,1-6,9-10,13-14H2,(H,29,33)(H2,31,32,34). The van der Waals surface area contributed by atoms with E-state index >= 15 is 0 Å². The van der Waals surface area contributed by atoms with Crippen molar-refractivity contribution in [2.75, 3.05) is 11.9 Å². The number of hydrogen-bond donors (Lipinski definition) is 3. The van der Waals surface area contributed by atoms with E-state index < -0.39 is 16.1 Å². The van der Waals surface area contributed by atoms with Gasteiger partial charge in [-0.3, -0.25) is 4.79 Å². The predicted molar refractivity (Wildman–Crippen MR) is 141 cm³/mol. The van der Waals surface area contributed by atoms with Gasteiger partial charge in [0.25, 0.3) is 15.9 Å². The van der Waals surface area contributed by atoms with E-state index in [0.29, 0.717) is 24.3 Å². The topological polar surface area (TPSA) is 130 Å². The van der Waals surface area contributed by atoms with Gasteiger partial charge in [-0.05, 0) is 97.7 Å². The third-order valence-corrected chi connectivity index (χ3v) is 9.01. The van der Waals surface area contributed by atoms with Crippen LogP contribution in [-0.4, -0.2) is 32.1 Å². The van der Waals surface area contributed by atoms with Gasteiger partial charge < -0.3 is 15.2 Å². The number of carbonyl (C=O) groups excluding carboxylic acids is 2. The van der Waals surface area contributed by atoms with Gasteiger partial charge in [-0.15, -0.1) is 0 Å². The number of fused-ring (bicyclic) bond motifs is 2. The van der Waals surface area contributed by atoms with Crippen LogP contribution >= 0.6 is 0 Å². The second kappa shape index (κ2) is 9.90. The van der Waals surface area contributed by atoms with E-state index in [0.717, 1.165) is 73.7 Å². The van der Waals surface area contributed by atoms with Crippen LogP contribution in [-0.2, 0) is 42.1 Å². The van der Waals surface area contributed by atoms with Gasteiger partial charge in [0.15, 0.2) is 5.76 Å². The highest BCUT2D eigenvalue weighted by Crippen LogP contribution is 2.41. The van der Waals surface area contributed by atoms with Crippen LogP contribution in [0, 0.1) is 0 Å². The molecule has 2 aromatic carbocycles. The fourth-order valence-electron chi connectivity index (χ4n) is 5.60. The molecular weight excluding hydrogens is 504 g/mol. The smallest absolute Gasteiger partial charge is 0.333 e. The first kappa shape index (κ1) is 24.7. The Kier molecular flexibility index (Phi) is 6.43. The first-order valence-electron chi connectivity index (χ1n) is 13.2. The van der Waals surface area contributed by atoms with Crippen LogP contribution in [0.2, 0.25) is 0 Å². The molecular formula is C28H30N4O5S. The normalized spacial score (nSPS) is 16.1. The molecule has 1 aromatic heterocycles. The summed E-state index contributed by atoms with van der Waals surface area (Å²) in [5.41, 5.74) is 6.94. The first-order chi connectivity index (χ1) is 18.4. The Morgan fingerprint density at radius 1 is 0.974 bits per heavy atom. The van der Waals surface area contributed by atoms with E-state index in [1.54, 1.807) is 12.1 Å². The molecule has 198 valence electrons. The maximum absolute atomic E-state index is 12.9. The molecule has 0 radical (unpaired) electrons. The van der Waals surface area contributed by atoms with Crippen molar-refractivity contribution in [1.82, 2.24) is 15.2 Å². The lowest BCUT2D eigenvalue weighted by molar-refractivity contribution is 0.0952. The second-order valence-corrected chi connectivity index (χ2v) is 12.0. The van der Waals surface area contributed by atoms with Gasteiger partial charge >= 0.3 is 6.03 Å². The molecule has 0 aliphatic heterocycles. The molecule has 0 bridgehead atoms. The molecule has 3 aliphatic carbocycles.